The number of anilines is 2. The van der Waals surface area contributed by atoms with Gasteiger partial charge in [0, 0.05) is 29.4 Å². The molecule has 0 saturated carbocycles. The molecule has 0 radical (unpaired) electrons. The quantitative estimate of drug-likeness (QED) is 0.600. The number of nitrogens with zero attached hydrogens (tertiary/aromatic N) is 1. The van der Waals surface area contributed by atoms with Crippen molar-refractivity contribution >= 4 is 28.5 Å². The molecule has 2 saturated heterocycles. The summed E-state index contributed by atoms with van der Waals surface area (Å²) in [5, 5.41) is 13.4. The van der Waals surface area contributed by atoms with Gasteiger partial charge < -0.3 is 19.7 Å². The molecule has 3 heterocycles. The molecule has 2 N–H and O–H groups in total. The van der Waals surface area contributed by atoms with E-state index >= 15 is 0 Å². The summed E-state index contributed by atoms with van der Waals surface area (Å²) in [4.78, 5) is 26.9. The smallest absolute Gasteiger partial charge is 0.337 e. The predicted octanol–water partition coefficient (Wildman–Crippen LogP) is 5.10. The molecule has 31 heavy (non-hydrogen) atoms. The number of hydrogen-bond acceptors (Lipinski definition) is 5. The van der Waals surface area contributed by atoms with E-state index in [2.05, 4.69) is 10.2 Å². The average molecular weight is 418 g/mol. The SMILES string of the molecule is Cc1cc(C(C)Nc2ccccc2C(=O)O)c2oc(N3C4CCCC3C4)cc(=O)c2c1. The number of benzene rings is 2. The zero-order valence-electron chi connectivity index (χ0n) is 17.7. The number of hydrogen-bond donors (Lipinski definition) is 2. The Balaban J connectivity index is 1.58. The van der Waals surface area contributed by atoms with E-state index in [0.29, 0.717) is 34.6 Å². The first-order chi connectivity index (χ1) is 14.9. The highest BCUT2D eigenvalue weighted by Crippen LogP contribution is 2.42. The van der Waals surface area contributed by atoms with Gasteiger partial charge in [-0.3, -0.25) is 4.79 Å². The molecule has 3 unspecified atom stereocenters. The second kappa shape index (κ2) is 7.45. The average Bonchev–Trinajstić information content (AvgIpc) is 2.74. The Labute approximate surface area is 180 Å². The van der Waals surface area contributed by atoms with Gasteiger partial charge in [-0.2, -0.15) is 0 Å². The molecule has 160 valence electrons. The summed E-state index contributed by atoms with van der Waals surface area (Å²) in [5.41, 5.74) is 3.09. The minimum atomic E-state index is -0.984. The number of carboxylic acids is 1. The molecule has 3 atom stereocenters. The third-order valence-corrected chi connectivity index (χ3v) is 6.64. The fraction of sp³-hybridized carbons (Fsp3) is 0.360. The van der Waals surface area contributed by atoms with Crippen LogP contribution >= 0.6 is 0 Å². The summed E-state index contributed by atoms with van der Waals surface area (Å²) in [6.45, 7) is 3.91. The van der Waals surface area contributed by atoms with Crippen LogP contribution in [0.5, 0.6) is 0 Å². The first-order valence-electron chi connectivity index (χ1n) is 10.9. The topological polar surface area (TPSA) is 82.8 Å². The normalized spacial score (nSPS) is 20.9. The molecular formula is C25H26N2O4. The highest BCUT2D eigenvalue weighted by atomic mass is 16.4. The number of carboxylic acid groups (broad SMARTS) is 1. The Morgan fingerprint density at radius 1 is 1.19 bits per heavy atom. The van der Waals surface area contributed by atoms with E-state index in [1.165, 1.54) is 12.8 Å². The van der Waals surface area contributed by atoms with Gasteiger partial charge >= 0.3 is 5.97 Å². The molecule has 5 rings (SSSR count). The van der Waals surface area contributed by atoms with E-state index in [1.807, 2.05) is 26.0 Å². The van der Waals surface area contributed by atoms with Crippen molar-refractivity contribution in [1.82, 2.24) is 0 Å². The maximum Gasteiger partial charge on any atom is 0.337 e. The Bertz CT molecular complexity index is 1220. The van der Waals surface area contributed by atoms with Gasteiger partial charge in [0.2, 0.25) is 5.88 Å². The van der Waals surface area contributed by atoms with E-state index < -0.39 is 5.97 Å². The largest absolute Gasteiger partial charge is 0.478 e. The van der Waals surface area contributed by atoms with Crippen LogP contribution in [0.3, 0.4) is 0 Å². The molecule has 3 aromatic rings. The molecule has 6 heteroatoms. The monoisotopic (exact) mass is 418 g/mol. The van der Waals surface area contributed by atoms with Gasteiger partial charge in [-0.25, -0.2) is 4.79 Å². The van der Waals surface area contributed by atoms with Gasteiger partial charge in [0.25, 0.3) is 0 Å². The molecule has 6 nitrogen and oxygen atoms in total. The summed E-state index contributed by atoms with van der Waals surface area (Å²) in [5.74, 6) is -0.329. The number of para-hydroxylation sites is 1. The Hall–Kier alpha value is -3.28. The minimum absolute atomic E-state index is 0.0377. The van der Waals surface area contributed by atoms with Crippen LogP contribution in [0.25, 0.3) is 11.0 Å². The molecule has 2 bridgehead atoms. The second-order valence-corrected chi connectivity index (χ2v) is 8.78. The number of nitrogens with one attached hydrogen (secondary N) is 1. The van der Waals surface area contributed by atoms with Gasteiger partial charge in [0.1, 0.15) is 5.58 Å². The number of aryl methyl sites for hydroxylation is 1. The number of carbonyl (C=O) groups is 1. The summed E-state index contributed by atoms with van der Waals surface area (Å²) < 4.78 is 6.38. The maximum absolute atomic E-state index is 13.0. The fourth-order valence-electron chi connectivity index (χ4n) is 5.14. The molecule has 2 aromatic carbocycles. The highest BCUT2D eigenvalue weighted by molar-refractivity contribution is 5.94. The van der Waals surface area contributed by atoms with Crippen LogP contribution < -0.4 is 15.6 Å². The van der Waals surface area contributed by atoms with Crippen molar-refractivity contribution in [3.8, 4) is 0 Å². The van der Waals surface area contributed by atoms with Crippen LogP contribution in [0.1, 0.15) is 60.1 Å². The second-order valence-electron chi connectivity index (χ2n) is 8.78. The molecule has 0 amide bonds. The van der Waals surface area contributed by atoms with Gasteiger partial charge in [-0.05, 0) is 63.3 Å². The van der Waals surface area contributed by atoms with E-state index in [0.717, 1.165) is 24.0 Å². The zero-order valence-corrected chi connectivity index (χ0v) is 17.7. The van der Waals surface area contributed by atoms with Crippen LogP contribution in [0, 0.1) is 6.92 Å². The molecule has 2 aliphatic rings. The van der Waals surface area contributed by atoms with Gasteiger partial charge in [-0.15, -0.1) is 0 Å². The fourth-order valence-corrected chi connectivity index (χ4v) is 5.14. The van der Waals surface area contributed by atoms with Crippen LogP contribution in [-0.4, -0.2) is 23.2 Å². The van der Waals surface area contributed by atoms with Crippen molar-refractivity contribution in [2.75, 3.05) is 10.2 Å². The summed E-state index contributed by atoms with van der Waals surface area (Å²) in [6.07, 6.45) is 4.69. The van der Waals surface area contributed by atoms with Crippen molar-refractivity contribution < 1.29 is 14.3 Å². The maximum atomic E-state index is 13.0. The summed E-state index contributed by atoms with van der Waals surface area (Å²) in [7, 11) is 0. The lowest BCUT2D eigenvalue weighted by Crippen LogP contribution is -2.59. The van der Waals surface area contributed by atoms with Crippen molar-refractivity contribution in [1.29, 1.82) is 0 Å². The van der Waals surface area contributed by atoms with E-state index in [9.17, 15) is 14.7 Å². The zero-order chi connectivity index (χ0) is 21.7. The van der Waals surface area contributed by atoms with Crippen LogP contribution in [0.15, 0.2) is 51.7 Å². The van der Waals surface area contributed by atoms with Crippen LogP contribution in [-0.2, 0) is 0 Å². The molecule has 1 aromatic heterocycles. The minimum Gasteiger partial charge on any atom is -0.478 e. The first kappa shape index (κ1) is 19.7. The molecular weight excluding hydrogens is 392 g/mol. The van der Waals surface area contributed by atoms with Gasteiger partial charge in [0.05, 0.1) is 17.0 Å². The lowest BCUT2D eigenvalue weighted by Gasteiger charge is -2.53. The van der Waals surface area contributed by atoms with Crippen molar-refractivity contribution in [2.24, 2.45) is 0 Å². The molecule has 0 aliphatic carbocycles. The molecule has 2 aliphatic heterocycles. The summed E-state index contributed by atoms with van der Waals surface area (Å²) in [6, 6.07) is 13.0. The van der Waals surface area contributed by atoms with Crippen LogP contribution in [0.2, 0.25) is 0 Å². The molecule has 2 fully saturated rings. The summed E-state index contributed by atoms with van der Waals surface area (Å²) >= 11 is 0. The van der Waals surface area contributed by atoms with E-state index in [-0.39, 0.29) is 17.0 Å². The number of piperidine rings is 1. The van der Waals surface area contributed by atoms with Gasteiger partial charge in [-0.1, -0.05) is 18.2 Å². The lowest BCUT2D eigenvalue weighted by molar-refractivity contribution is 0.0698. The third kappa shape index (κ3) is 3.36. The molecule has 0 spiro atoms. The van der Waals surface area contributed by atoms with E-state index in [1.54, 1.807) is 30.3 Å². The standard InChI is InChI=1S/C25H26N2O4/c1-14-10-19(15(2)26-21-9-4-3-8-18(21)25(29)30)24-20(11-14)22(28)13-23(31-24)27-16-6-5-7-17(27)12-16/h3-4,8-11,13,15-17,26H,5-7,12H2,1-2H3,(H,29,30). The Kier molecular flexibility index (Phi) is 4.73. The number of aromatic carboxylic acids is 1. The Morgan fingerprint density at radius 2 is 1.94 bits per heavy atom. The van der Waals surface area contributed by atoms with Crippen molar-refractivity contribution in [3.63, 3.8) is 0 Å². The van der Waals surface area contributed by atoms with E-state index in [4.69, 9.17) is 4.42 Å². The van der Waals surface area contributed by atoms with Crippen molar-refractivity contribution in [2.45, 2.75) is 57.7 Å². The van der Waals surface area contributed by atoms with Crippen molar-refractivity contribution in [3.05, 3.63) is 69.4 Å². The number of fused-ring (bicyclic) bond motifs is 3. The Morgan fingerprint density at radius 3 is 2.65 bits per heavy atom. The van der Waals surface area contributed by atoms with Gasteiger partial charge in [0.15, 0.2) is 5.43 Å². The highest BCUT2D eigenvalue weighted by Gasteiger charge is 2.42. The number of rotatable bonds is 5. The predicted molar refractivity (Wildman–Crippen MR) is 121 cm³/mol. The first-order valence-corrected chi connectivity index (χ1v) is 10.9. The lowest BCUT2D eigenvalue weighted by atomic mass is 9.80. The van der Waals surface area contributed by atoms with Crippen LogP contribution in [0.4, 0.5) is 11.6 Å². The third-order valence-electron chi connectivity index (χ3n) is 6.64.